The molecule has 0 radical (unpaired) electrons. The second-order valence-corrected chi connectivity index (χ2v) is 8.32. The Balaban J connectivity index is 0.00000169. The van der Waals surface area contributed by atoms with Gasteiger partial charge in [0.15, 0.2) is 0 Å². The largest absolute Gasteiger partial charge is 0.366 e. The van der Waals surface area contributed by atoms with Crippen molar-refractivity contribution in [3.63, 3.8) is 0 Å². The van der Waals surface area contributed by atoms with Crippen LogP contribution in [0.2, 0.25) is 4.34 Å². The molecule has 24 heavy (non-hydrogen) atoms. The first kappa shape index (κ1) is 17.8. The number of amides is 1. The molecule has 0 aliphatic carbocycles. The van der Waals surface area contributed by atoms with Crippen LogP contribution < -0.4 is 5.32 Å². The lowest BCUT2D eigenvalue weighted by Crippen LogP contribution is -2.44. The fourth-order valence-corrected chi connectivity index (χ4v) is 4.85. The third kappa shape index (κ3) is 3.23. The standard InChI is InChI=1S/C17H20ClN3OS.ClH/c18-15-2-1-14(23-15)12-9-20-10-13(12)16(22)21-7-4-17(5-8-21)3-6-19-11-17;/h1-2,9-10,19-20H,3-8,11H2;1H. The van der Waals surface area contributed by atoms with Gasteiger partial charge in [0, 0.05) is 42.5 Å². The zero-order valence-electron chi connectivity index (χ0n) is 13.3. The van der Waals surface area contributed by atoms with E-state index in [0.717, 1.165) is 59.4 Å². The highest BCUT2D eigenvalue weighted by molar-refractivity contribution is 7.19. The van der Waals surface area contributed by atoms with Crippen molar-refractivity contribution >= 4 is 41.3 Å². The van der Waals surface area contributed by atoms with E-state index < -0.39 is 0 Å². The number of carbonyl (C=O) groups excluding carboxylic acids is 1. The van der Waals surface area contributed by atoms with E-state index in [4.69, 9.17) is 11.6 Å². The maximum atomic E-state index is 12.9. The van der Waals surface area contributed by atoms with Gasteiger partial charge in [-0.2, -0.15) is 0 Å². The summed E-state index contributed by atoms with van der Waals surface area (Å²) in [5.41, 5.74) is 2.14. The van der Waals surface area contributed by atoms with E-state index in [1.165, 1.54) is 17.8 Å². The Morgan fingerprint density at radius 2 is 2.00 bits per heavy atom. The minimum atomic E-state index is 0. The number of carbonyl (C=O) groups is 1. The summed E-state index contributed by atoms with van der Waals surface area (Å²) in [5, 5.41) is 3.47. The minimum absolute atomic E-state index is 0. The number of rotatable bonds is 2. The first-order valence-electron chi connectivity index (χ1n) is 8.09. The highest BCUT2D eigenvalue weighted by Crippen LogP contribution is 2.38. The zero-order valence-corrected chi connectivity index (χ0v) is 15.7. The van der Waals surface area contributed by atoms with E-state index in [1.807, 2.05) is 29.4 Å². The first-order valence-corrected chi connectivity index (χ1v) is 9.29. The van der Waals surface area contributed by atoms with Gasteiger partial charge in [0.05, 0.1) is 9.90 Å². The fourth-order valence-electron chi connectivity index (χ4n) is 3.78. The lowest BCUT2D eigenvalue weighted by Gasteiger charge is -2.38. The molecule has 4 nitrogen and oxygen atoms in total. The van der Waals surface area contributed by atoms with Crippen molar-refractivity contribution < 1.29 is 4.79 Å². The predicted molar refractivity (Wildman–Crippen MR) is 101 cm³/mol. The maximum absolute atomic E-state index is 12.9. The molecule has 0 saturated carbocycles. The molecule has 0 aromatic carbocycles. The van der Waals surface area contributed by atoms with Gasteiger partial charge in [-0.05, 0) is 43.4 Å². The van der Waals surface area contributed by atoms with Crippen LogP contribution in [-0.2, 0) is 0 Å². The van der Waals surface area contributed by atoms with Crippen molar-refractivity contribution in [1.82, 2.24) is 15.2 Å². The second kappa shape index (κ2) is 7.08. The average Bonchev–Trinajstić information content (AvgIpc) is 3.28. The number of likely N-dealkylation sites (tertiary alicyclic amines) is 1. The molecule has 2 aromatic rings. The van der Waals surface area contributed by atoms with Crippen LogP contribution in [0.15, 0.2) is 24.5 Å². The Bertz CT molecular complexity index is 711. The molecule has 2 aliphatic rings. The highest BCUT2D eigenvalue weighted by Gasteiger charge is 2.38. The van der Waals surface area contributed by atoms with E-state index in [0.29, 0.717) is 5.41 Å². The number of nitrogens with one attached hydrogen (secondary N) is 2. The van der Waals surface area contributed by atoms with Crippen LogP contribution in [0.25, 0.3) is 10.4 Å². The van der Waals surface area contributed by atoms with Crippen LogP contribution in [0, 0.1) is 5.41 Å². The number of H-pyrrole nitrogens is 1. The Morgan fingerprint density at radius 3 is 2.62 bits per heavy atom. The van der Waals surface area contributed by atoms with Crippen LogP contribution in [0.5, 0.6) is 0 Å². The fraction of sp³-hybridized carbons (Fsp3) is 0.471. The Hall–Kier alpha value is -1.01. The van der Waals surface area contributed by atoms with Gasteiger partial charge in [-0.1, -0.05) is 11.6 Å². The molecule has 1 amide bonds. The summed E-state index contributed by atoms with van der Waals surface area (Å²) >= 11 is 7.54. The number of hydrogen-bond donors (Lipinski definition) is 2. The van der Waals surface area contributed by atoms with Crippen molar-refractivity contribution in [2.45, 2.75) is 19.3 Å². The molecule has 2 aromatic heterocycles. The van der Waals surface area contributed by atoms with Gasteiger partial charge in [0.1, 0.15) is 0 Å². The van der Waals surface area contributed by atoms with Gasteiger partial charge in [-0.3, -0.25) is 4.79 Å². The van der Waals surface area contributed by atoms with E-state index in [-0.39, 0.29) is 18.3 Å². The zero-order chi connectivity index (χ0) is 15.9. The molecule has 4 rings (SSSR count). The normalized spacial score (nSPS) is 19.5. The number of halogens is 2. The molecule has 7 heteroatoms. The summed E-state index contributed by atoms with van der Waals surface area (Å²) in [6.45, 7) is 3.94. The van der Waals surface area contributed by atoms with Gasteiger partial charge in [-0.25, -0.2) is 0 Å². The first-order chi connectivity index (χ1) is 11.2. The molecule has 4 heterocycles. The Labute approximate surface area is 157 Å². The minimum Gasteiger partial charge on any atom is -0.366 e. The van der Waals surface area contributed by atoms with E-state index in [1.54, 1.807) is 0 Å². The van der Waals surface area contributed by atoms with Crippen LogP contribution >= 0.6 is 35.3 Å². The van der Waals surface area contributed by atoms with Crippen molar-refractivity contribution in [1.29, 1.82) is 0 Å². The van der Waals surface area contributed by atoms with E-state index in [2.05, 4.69) is 10.3 Å². The van der Waals surface area contributed by atoms with Crippen LogP contribution in [0.4, 0.5) is 0 Å². The number of nitrogens with zero attached hydrogens (tertiary/aromatic N) is 1. The maximum Gasteiger partial charge on any atom is 0.256 e. The quantitative estimate of drug-likeness (QED) is 0.819. The molecule has 0 bridgehead atoms. The number of hydrogen-bond acceptors (Lipinski definition) is 3. The molecule has 130 valence electrons. The summed E-state index contributed by atoms with van der Waals surface area (Å²) < 4.78 is 0.744. The third-order valence-corrected chi connectivity index (χ3v) is 6.52. The predicted octanol–water partition coefficient (Wildman–Crippen LogP) is 4.03. The molecule has 2 N–H and O–H groups in total. The molecule has 0 unspecified atom stereocenters. The van der Waals surface area contributed by atoms with Crippen LogP contribution in [0.1, 0.15) is 29.6 Å². The third-order valence-electron chi connectivity index (χ3n) is 5.26. The van der Waals surface area contributed by atoms with Crippen molar-refractivity contribution in [3.8, 4) is 10.4 Å². The number of aromatic nitrogens is 1. The van der Waals surface area contributed by atoms with E-state index in [9.17, 15) is 4.79 Å². The smallest absolute Gasteiger partial charge is 0.256 e. The molecule has 2 fully saturated rings. The molecular weight excluding hydrogens is 365 g/mol. The molecular formula is C17H21Cl2N3OS. The Morgan fingerprint density at radius 1 is 1.21 bits per heavy atom. The van der Waals surface area contributed by atoms with Crippen LogP contribution in [0.3, 0.4) is 0 Å². The summed E-state index contributed by atoms with van der Waals surface area (Å²) in [5.74, 6) is 0.131. The van der Waals surface area contributed by atoms with E-state index >= 15 is 0 Å². The molecule has 2 aliphatic heterocycles. The average molecular weight is 386 g/mol. The second-order valence-electron chi connectivity index (χ2n) is 6.61. The molecule has 2 saturated heterocycles. The number of thiophene rings is 1. The summed E-state index contributed by atoms with van der Waals surface area (Å²) in [6, 6.07) is 3.85. The van der Waals surface area contributed by atoms with Crippen LogP contribution in [-0.4, -0.2) is 42.0 Å². The summed E-state index contributed by atoms with van der Waals surface area (Å²) in [4.78, 5) is 19.0. The van der Waals surface area contributed by atoms with Gasteiger partial charge < -0.3 is 15.2 Å². The number of aromatic amines is 1. The van der Waals surface area contributed by atoms with Gasteiger partial charge in [-0.15, -0.1) is 23.7 Å². The van der Waals surface area contributed by atoms with Gasteiger partial charge in [0.2, 0.25) is 0 Å². The monoisotopic (exact) mass is 385 g/mol. The highest BCUT2D eigenvalue weighted by atomic mass is 35.5. The SMILES string of the molecule is Cl.O=C(c1c[nH]cc1-c1ccc(Cl)s1)N1CCC2(CCNC2)CC1. The lowest BCUT2D eigenvalue weighted by atomic mass is 9.78. The summed E-state index contributed by atoms with van der Waals surface area (Å²) in [6.07, 6.45) is 7.17. The lowest BCUT2D eigenvalue weighted by molar-refractivity contribution is 0.0608. The van der Waals surface area contributed by atoms with Gasteiger partial charge in [0.25, 0.3) is 5.91 Å². The number of piperidine rings is 1. The van der Waals surface area contributed by atoms with Crippen molar-refractivity contribution in [3.05, 3.63) is 34.4 Å². The summed E-state index contributed by atoms with van der Waals surface area (Å²) in [7, 11) is 0. The molecule has 0 atom stereocenters. The molecule has 1 spiro atoms. The topological polar surface area (TPSA) is 48.1 Å². The van der Waals surface area contributed by atoms with Gasteiger partial charge >= 0.3 is 0 Å². The van der Waals surface area contributed by atoms with Crippen molar-refractivity contribution in [2.24, 2.45) is 5.41 Å². The van der Waals surface area contributed by atoms with Crippen molar-refractivity contribution in [2.75, 3.05) is 26.2 Å². The Kier molecular flexibility index (Phi) is 5.25.